The Kier molecular flexibility index (Phi) is 6.58. The van der Waals surface area contributed by atoms with Gasteiger partial charge in [-0.1, -0.05) is 18.2 Å². The van der Waals surface area contributed by atoms with Crippen LogP contribution in [-0.2, 0) is 26.7 Å². The van der Waals surface area contributed by atoms with Crippen LogP contribution in [0.25, 0.3) is 0 Å². The van der Waals surface area contributed by atoms with Crippen LogP contribution >= 0.6 is 11.3 Å². The highest BCUT2D eigenvalue weighted by Gasteiger charge is 2.25. The lowest BCUT2D eigenvalue weighted by Crippen LogP contribution is -2.19. The minimum absolute atomic E-state index is 0.0126. The molecule has 3 aromatic rings. The molecule has 2 aromatic carbocycles. The van der Waals surface area contributed by atoms with E-state index in [1.807, 2.05) is 5.38 Å². The fraction of sp³-hybridized carbons (Fsp3) is 0.250. The van der Waals surface area contributed by atoms with Crippen molar-refractivity contribution in [2.45, 2.75) is 32.3 Å². The molecule has 0 amide bonds. The van der Waals surface area contributed by atoms with Crippen LogP contribution in [0.4, 0.5) is 11.4 Å². The van der Waals surface area contributed by atoms with Crippen molar-refractivity contribution < 1.29 is 21.6 Å². The highest BCUT2D eigenvalue weighted by atomic mass is 32.2. The normalized spacial score (nSPS) is 11.9. The van der Waals surface area contributed by atoms with Crippen molar-refractivity contribution in [2.75, 3.05) is 15.7 Å². The van der Waals surface area contributed by atoms with Crippen molar-refractivity contribution in [1.29, 1.82) is 0 Å². The van der Waals surface area contributed by atoms with Crippen molar-refractivity contribution in [3.8, 4) is 5.75 Å². The molecule has 1 heterocycles. The van der Waals surface area contributed by atoms with Crippen LogP contribution in [0.1, 0.15) is 22.4 Å². The molecule has 0 aliphatic carbocycles. The van der Waals surface area contributed by atoms with Gasteiger partial charge >= 0.3 is 0 Å². The molecule has 11 heteroatoms. The smallest absolute Gasteiger partial charge is 0.262 e. The van der Waals surface area contributed by atoms with Gasteiger partial charge in [-0.25, -0.2) is 21.8 Å². The van der Waals surface area contributed by atoms with Crippen molar-refractivity contribution in [3.05, 3.63) is 63.6 Å². The van der Waals surface area contributed by atoms with Gasteiger partial charge in [0.25, 0.3) is 10.0 Å². The van der Waals surface area contributed by atoms with Gasteiger partial charge in [0.1, 0.15) is 12.4 Å². The van der Waals surface area contributed by atoms with Crippen molar-refractivity contribution in [1.82, 2.24) is 4.98 Å². The maximum atomic E-state index is 13.3. The molecular formula is C20H23N3O5S3. The first-order valence-electron chi connectivity index (χ1n) is 9.18. The molecule has 0 saturated heterocycles. The number of anilines is 2. The van der Waals surface area contributed by atoms with Crippen LogP contribution in [0.3, 0.4) is 0 Å². The molecule has 0 saturated carbocycles. The monoisotopic (exact) mass is 481 g/mol. The summed E-state index contributed by atoms with van der Waals surface area (Å²) in [6, 6.07) is 8.33. The number of aromatic nitrogens is 1. The van der Waals surface area contributed by atoms with Crippen molar-refractivity contribution in [3.63, 3.8) is 0 Å². The van der Waals surface area contributed by atoms with E-state index in [0.29, 0.717) is 22.4 Å². The Balaban J connectivity index is 1.97. The Labute approximate surface area is 186 Å². The first-order valence-corrected chi connectivity index (χ1v) is 13.5. The fourth-order valence-electron chi connectivity index (χ4n) is 3.26. The number of benzene rings is 2. The zero-order chi connectivity index (χ0) is 22.8. The number of nitrogens with zero attached hydrogens (tertiary/aromatic N) is 1. The molecule has 0 atom stereocenters. The van der Waals surface area contributed by atoms with Gasteiger partial charge < -0.3 is 4.74 Å². The largest absolute Gasteiger partial charge is 0.485 e. The van der Waals surface area contributed by atoms with Crippen molar-refractivity contribution >= 4 is 42.8 Å². The Hall–Kier alpha value is -2.63. The summed E-state index contributed by atoms with van der Waals surface area (Å²) in [6.45, 7) is 5.17. The number of thiazole rings is 1. The van der Waals surface area contributed by atoms with E-state index in [-0.39, 0.29) is 22.9 Å². The van der Waals surface area contributed by atoms with E-state index in [9.17, 15) is 16.8 Å². The number of sulfonamides is 2. The van der Waals surface area contributed by atoms with Gasteiger partial charge in [-0.05, 0) is 49.6 Å². The van der Waals surface area contributed by atoms with E-state index in [1.165, 1.54) is 11.3 Å². The third kappa shape index (κ3) is 5.54. The summed E-state index contributed by atoms with van der Waals surface area (Å²) in [5.74, 6) is 0.357. The van der Waals surface area contributed by atoms with Gasteiger partial charge in [0.05, 0.1) is 33.7 Å². The topological polar surface area (TPSA) is 114 Å². The number of hydrogen-bond acceptors (Lipinski definition) is 7. The first-order chi connectivity index (χ1) is 14.5. The van der Waals surface area contributed by atoms with Crippen LogP contribution in [0.15, 0.2) is 46.1 Å². The minimum Gasteiger partial charge on any atom is -0.485 e. The van der Waals surface area contributed by atoms with Gasteiger partial charge in [0.15, 0.2) is 0 Å². The SMILES string of the molecule is Cc1cc(C)c(S(=O)(=O)Nc2ccccc2OCc2cscn2)c(C)c1NS(C)(=O)=O. The minimum atomic E-state index is -4.04. The number of para-hydroxylation sites is 2. The number of rotatable bonds is 8. The summed E-state index contributed by atoms with van der Waals surface area (Å²) in [4.78, 5) is 4.16. The molecule has 0 spiro atoms. The van der Waals surface area contributed by atoms with E-state index in [4.69, 9.17) is 4.74 Å². The lowest BCUT2D eigenvalue weighted by atomic mass is 10.1. The lowest BCUT2D eigenvalue weighted by Gasteiger charge is -2.19. The number of ether oxygens (including phenoxy) is 1. The molecule has 166 valence electrons. The van der Waals surface area contributed by atoms with Crippen molar-refractivity contribution in [2.24, 2.45) is 0 Å². The number of nitrogens with one attached hydrogen (secondary N) is 2. The highest BCUT2D eigenvalue weighted by Crippen LogP contribution is 2.34. The molecule has 31 heavy (non-hydrogen) atoms. The Morgan fingerprint density at radius 2 is 1.74 bits per heavy atom. The summed E-state index contributed by atoms with van der Waals surface area (Å²) in [6.07, 6.45) is 1.02. The van der Waals surface area contributed by atoms with Gasteiger partial charge in [0.2, 0.25) is 10.0 Å². The zero-order valence-corrected chi connectivity index (χ0v) is 19.9. The molecule has 0 fully saturated rings. The van der Waals surface area contributed by atoms with E-state index in [0.717, 1.165) is 11.9 Å². The van der Waals surface area contributed by atoms with Crippen LogP contribution in [0, 0.1) is 20.8 Å². The quantitative estimate of drug-likeness (QED) is 0.505. The summed E-state index contributed by atoms with van der Waals surface area (Å²) in [7, 11) is -7.62. The third-order valence-electron chi connectivity index (χ3n) is 4.45. The molecule has 0 aliphatic heterocycles. The number of hydrogen-bond donors (Lipinski definition) is 2. The molecule has 2 N–H and O–H groups in total. The molecule has 1 aromatic heterocycles. The molecule has 8 nitrogen and oxygen atoms in total. The summed E-state index contributed by atoms with van der Waals surface area (Å²) >= 11 is 1.44. The van der Waals surface area contributed by atoms with Crippen LogP contribution in [0.5, 0.6) is 5.75 Å². The van der Waals surface area contributed by atoms with Gasteiger partial charge in [-0.3, -0.25) is 9.44 Å². The zero-order valence-electron chi connectivity index (χ0n) is 17.5. The predicted molar refractivity (Wildman–Crippen MR) is 123 cm³/mol. The number of aryl methyl sites for hydroxylation is 2. The average molecular weight is 482 g/mol. The fourth-order valence-corrected chi connectivity index (χ4v) is 6.03. The molecule has 0 bridgehead atoms. The third-order valence-corrected chi connectivity index (χ3v) is 7.31. The Morgan fingerprint density at radius 1 is 1.03 bits per heavy atom. The van der Waals surface area contributed by atoms with Crippen LogP contribution in [-0.4, -0.2) is 28.1 Å². The second-order valence-electron chi connectivity index (χ2n) is 7.08. The van der Waals surface area contributed by atoms with E-state index in [2.05, 4.69) is 14.4 Å². The second kappa shape index (κ2) is 8.85. The molecule has 0 radical (unpaired) electrons. The Morgan fingerprint density at radius 3 is 2.39 bits per heavy atom. The summed E-state index contributed by atoms with van der Waals surface area (Å²) < 4.78 is 60.9. The lowest BCUT2D eigenvalue weighted by molar-refractivity contribution is 0.304. The standard InChI is InChI=1S/C20H23N3O5S3/c1-13-9-14(2)20(15(3)19(13)23-30(4,24)25)31(26,27)22-17-7-5-6-8-18(17)28-10-16-11-29-12-21-16/h5-9,11-12,22-23H,10H2,1-4H3. The van der Waals surface area contributed by atoms with Crippen LogP contribution < -0.4 is 14.2 Å². The van der Waals surface area contributed by atoms with E-state index < -0.39 is 20.0 Å². The molecule has 0 unspecified atom stereocenters. The maximum absolute atomic E-state index is 13.3. The maximum Gasteiger partial charge on any atom is 0.262 e. The summed E-state index contributed by atoms with van der Waals surface area (Å²) in [5.41, 5.74) is 4.41. The predicted octanol–water partition coefficient (Wildman–Crippen LogP) is 3.82. The van der Waals surface area contributed by atoms with E-state index in [1.54, 1.807) is 56.6 Å². The molecule has 3 rings (SSSR count). The Bertz CT molecular complexity index is 1300. The highest BCUT2D eigenvalue weighted by molar-refractivity contribution is 7.93. The second-order valence-corrected chi connectivity index (χ2v) is 11.2. The first kappa shape index (κ1) is 23.0. The molecular weight excluding hydrogens is 458 g/mol. The van der Waals surface area contributed by atoms with Gasteiger partial charge in [0, 0.05) is 5.38 Å². The van der Waals surface area contributed by atoms with Gasteiger partial charge in [-0.2, -0.15) is 0 Å². The molecule has 0 aliphatic rings. The summed E-state index contributed by atoms with van der Waals surface area (Å²) in [5, 5.41) is 1.85. The van der Waals surface area contributed by atoms with Crippen LogP contribution in [0.2, 0.25) is 0 Å². The average Bonchev–Trinajstić information content (AvgIpc) is 3.16. The van der Waals surface area contributed by atoms with Gasteiger partial charge in [-0.15, -0.1) is 11.3 Å². The van der Waals surface area contributed by atoms with E-state index >= 15 is 0 Å².